The van der Waals surface area contributed by atoms with Gasteiger partial charge in [0.2, 0.25) is 0 Å². The Labute approximate surface area is 130 Å². The van der Waals surface area contributed by atoms with Gasteiger partial charge in [-0.1, -0.05) is 26.8 Å². The largest absolute Gasteiger partial charge is 0.348 e. The Morgan fingerprint density at radius 2 is 2.14 bits per heavy atom. The zero-order valence-electron chi connectivity index (χ0n) is 13.3. The summed E-state index contributed by atoms with van der Waals surface area (Å²) in [6.07, 6.45) is 1.95. The summed E-state index contributed by atoms with van der Waals surface area (Å²) in [6, 6.07) is 4.82. The predicted octanol–water partition coefficient (Wildman–Crippen LogP) is 2.37. The Hall–Kier alpha value is -1.95. The maximum atomic E-state index is 12.3. The van der Waals surface area contributed by atoms with E-state index in [1.165, 1.54) is 6.07 Å². The number of carbonyl (C=O) groups excluding carboxylic acids is 1. The first-order valence-corrected chi connectivity index (χ1v) is 7.59. The van der Waals surface area contributed by atoms with E-state index in [0.717, 1.165) is 25.9 Å². The summed E-state index contributed by atoms with van der Waals surface area (Å²) < 4.78 is 0. The van der Waals surface area contributed by atoms with Gasteiger partial charge >= 0.3 is 0 Å². The maximum absolute atomic E-state index is 12.3. The van der Waals surface area contributed by atoms with Gasteiger partial charge in [-0.2, -0.15) is 0 Å². The van der Waals surface area contributed by atoms with Crippen LogP contribution in [0.2, 0.25) is 0 Å². The molecule has 2 N–H and O–H groups in total. The lowest BCUT2D eigenvalue weighted by Crippen LogP contribution is -2.45. The van der Waals surface area contributed by atoms with Crippen LogP contribution in [0.25, 0.3) is 0 Å². The summed E-state index contributed by atoms with van der Waals surface area (Å²) in [4.78, 5) is 23.2. The van der Waals surface area contributed by atoms with E-state index in [9.17, 15) is 14.9 Å². The quantitative estimate of drug-likeness (QED) is 0.663. The van der Waals surface area contributed by atoms with Crippen molar-refractivity contribution < 1.29 is 9.72 Å². The van der Waals surface area contributed by atoms with Gasteiger partial charge < -0.3 is 10.6 Å². The number of amides is 1. The van der Waals surface area contributed by atoms with E-state index < -0.39 is 4.92 Å². The minimum absolute atomic E-state index is 0.00178. The summed E-state index contributed by atoms with van der Waals surface area (Å²) in [5.74, 6) is -0.253. The lowest BCUT2D eigenvalue weighted by molar-refractivity contribution is -0.386. The minimum Gasteiger partial charge on any atom is -0.348 e. The Morgan fingerprint density at radius 3 is 2.68 bits per heavy atom. The van der Waals surface area contributed by atoms with Crippen molar-refractivity contribution in [2.24, 2.45) is 0 Å². The third-order valence-electron chi connectivity index (χ3n) is 3.90. The van der Waals surface area contributed by atoms with Crippen molar-refractivity contribution in [3.8, 4) is 0 Å². The zero-order chi connectivity index (χ0) is 16.3. The molecule has 1 aliphatic rings. The summed E-state index contributed by atoms with van der Waals surface area (Å²) in [5.41, 5.74) is 0.630. The Balaban J connectivity index is 2.22. The highest BCUT2D eigenvalue weighted by atomic mass is 16.6. The van der Waals surface area contributed by atoms with Gasteiger partial charge in [0.1, 0.15) is 0 Å². The lowest BCUT2D eigenvalue weighted by Gasteiger charge is -2.24. The molecule has 0 unspecified atom stereocenters. The molecule has 1 atom stereocenters. The first-order valence-electron chi connectivity index (χ1n) is 7.59. The van der Waals surface area contributed by atoms with Gasteiger partial charge in [0, 0.05) is 29.8 Å². The highest BCUT2D eigenvalue weighted by Gasteiger charge is 2.26. The van der Waals surface area contributed by atoms with E-state index in [0.29, 0.717) is 11.1 Å². The predicted molar refractivity (Wildman–Crippen MR) is 85.2 cm³/mol. The van der Waals surface area contributed by atoms with Crippen molar-refractivity contribution in [2.45, 2.75) is 45.1 Å². The van der Waals surface area contributed by atoms with Crippen LogP contribution in [-0.2, 0) is 5.41 Å². The number of piperidine rings is 1. The molecule has 0 aliphatic carbocycles. The van der Waals surface area contributed by atoms with Crippen molar-refractivity contribution in [3.05, 3.63) is 39.4 Å². The van der Waals surface area contributed by atoms with E-state index in [4.69, 9.17) is 0 Å². The molecule has 1 heterocycles. The summed E-state index contributed by atoms with van der Waals surface area (Å²) in [7, 11) is 0. The number of hydrogen-bond acceptors (Lipinski definition) is 4. The van der Waals surface area contributed by atoms with Gasteiger partial charge in [0.15, 0.2) is 0 Å². The van der Waals surface area contributed by atoms with Gasteiger partial charge in [-0.15, -0.1) is 0 Å². The number of carbonyl (C=O) groups is 1. The smallest absolute Gasteiger partial charge is 0.273 e. The molecule has 1 saturated heterocycles. The number of nitrogens with zero attached hydrogens (tertiary/aromatic N) is 1. The Morgan fingerprint density at radius 1 is 1.41 bits per heavy atom. The van der Waals surface area contributed by atoms with Gasteiger partial charge in [-0.3, -0.25) is 14.9 Å². The van der Waals surface area contributed by atoms with E-state index in [2.05, 4.69) is 10.6 Å². The van der Waals surface area contributed by atoms with Crippen molar-refractivity contribution in [1.82, 2.24) is 10.6 Å². The molecule has 22 heavy (non-hydrogen) atoms. The normalized spacial score (nSPS) is 18.8. The fraction of sp³-hybridized carbons (Fsp3) is 0.562. The van der Waals surface area contributed by atoms with E-state index in [-0.39, 0.29) is 23.1 Å². The molecule has 120 valence electrons. The molecule has 1 amide bonds. The summed E-state index contributed by atoms with van der Waals surface area (Å²) >= 11 is 0. The van der Waals surface area contributed by atoms with E-state index in [1.807, 2.05) is 20.8 Å². The molecular weight excluding hydrogens is 282 g/mol. The Bertz CT molecular complexity index is 572. The van der Waals surface area contributed by atoms with Crippen LogP contribution in [0, 0.1) is 10.1 Å². The van der Waals surface area contributed by atoms with Gasteiger partial charge in [0.25, 0.3) is 11.6 Å². The second kappa shape index (κ2) is 6.44. The monoisotopic (exact) mass is 305 g/mol. The molecule has 6 heteroatoms. The van der Waals surface area contributed by atoms with Crippen molar-refractivity contribution in [1.29, 1.82) is 0 Å². The standard InChI is InChI=1S/C16H23N3O3/c1-16(2,3)13-7-6-11(9-14(13)19(21)22)15(20)18-12-5-4-8-17-10-12/h6-7,9,12,17H,4-5,8,10H2,1-3H3,(H,18,20)/t12-/m0/s1. The molecule has 0 bridgehead atoms. The van der Waals surface area contributed by atoms with Gasteiger partial charge in [-0.25, -0.2) is 0 Å². The van der Waals surface area contributed by atoms with Crippen LogP contribution < -0.4 is 10.6 Å². The molecule has 0 spiro atoms. The van der Waals surface area contributed by atoms with Crippen LogP contribution in [-0.4, -0.2) is 30.0 Å². The SMILES string of the molecule is CC(C)(C)c1ccc(C(=O)N[C@H]2CCCNC2)cc1[N+](=O)[O-]. The number of benzene rings is 1. The fourth-order valence-electron chi connectivity index (χ4n) is 2.70. The van der Waals surface area contributed by atoms with E-state index >= 15 is 0 Å². The number of hydrogen-bond donors (Lipinski definition) is 2. The van der Waals surface area contributed by atoms with Crippen LogP contribution in [0.5, 0.6) is 0 Å². The van der Waals surface area contributed by atoms with Crippen LogP contribution >= 0.6 is 0 Å². The van der Waals surface area contributed by atoms with Crippen LogP contribution in [0.1, 0.15) is 49.5 Å². The highest BCUT2D eigenvalue weighted by Crippen LogP contribution is 2.31. The first kappa shape index (κ1) is 16.4. The van der Waals surface area contributed by atoms with Crippen molar-refractivity contribution in [3.63, 3.8) is 0 Å². The van der Waals surface area contributed by atoms with Gasteiger partial charge in [0.05, 0.1) is 4.92 Å². The minimum atomic E-state index is -0.417. The molecule has 2 rings (SSSR count). The topological polar surface area (TPSA) is 84.3 Å². The number of nitro benzene ring substituents is 1. The fourth-order valence-corrected chi connectivity index (χ4v) is 2.70. The first-order chi connectivity index (χ1) is 10.3. The lowest BCUT2D eigenvalue weighted by atomic mass is 9.85. The Kier molecular flexibility index (Phi) is 4.81. The maximum Gasteiger partial charge on any atom is 0.273 e. The van der Waals surface area contributed by atoms with Crippen molar-refractivity contribution >= 4 is 11.6 Å². The average molecular weight is 305 g/mol. The van der Waals surface area contributed by atoms with Crippen molar-refractivity contribution in [2.75, 3.05) is 13.1 Å². The molecule has 6 nitrogen and oxygen atoms in total. The molecule has 1 fully saturated rings. The van der Waals surface area contributed by atoms with Gasteiger partial charge in [-0.05, 0) is 30.9 Å². The van der Waals surface area contributed by atoms with Crippen LogP contribution in [0.15, 0.2) is 18.2 Å². The van der Waals surface area contributed by atoms with E-state index in [1.54, 1.807) is 12.1 Å². The zero-order valence-corrected chi connectivity index (χ0v) is 13.3. The molecule has 1 aliphatic heterocycles. The second-order valence-electron chi connectivity index (χ2n) is 6.76. The number of rotatable bonds is 3. The molecule has 0 aromatic heterocycles. The second-order valence-corrected chi connectivity index (χ2v) is 6.76. The average Bonchev–Trinajstić information content (AvgIpc) is 2.46. The summed E-state index contributed by atoms with van der Waals surface area (Å²) in [6.45, 7) is 7.47. The number of nitrogens with one attached hydrogen (secondary N) is 2. The summed E-state index contributed by atoms with van der Waals surface area (Å²) in [5, 5.41) is 17.5. The third kappa shape index (κ3) is 3.82. The molecule has 1 aromatic carbocycles. The number of nitro groups is 1. The molecular formula is C16H23N3O3. The third-order valence-corrected chi connectivity index (χ3v) is 3.90. The highest BCUT2D eigenvalue weighted by molar-refractivity contribution is 5.95. The molecule has 0 radical (unpaired) electrons. The molecule has 1 aromatic rings. The molecule has 0 saturated carbocycles. The van der Waals surface area contributed by atoms with Crippen LogP contribution in [0.4, 0.5) is 5.69 Å². The van der Waals surface area contributed by atoms with Crippen LogP contribution in [0.3, 0.4) is 0 Å².